The zero-order valence-corrected chi connectivity index (χ0v) is 8.06. The van der Waals surface area contributed by atoms with Crippen LogP contribution in [-0.4, -0.2) is 41.1 Å². The Balaban J connectivity index is 3.53. The van der Waals surface area contributed by atoms with Crippen molar-refractivity contribution in [2.24, 2.45) is 5.14 Å². The summed E-state index contributed by atoms with van der Waals surface area (Å²) in [5.74, 6) is -0.453. The van der Waals surface area contributed by atoms with Crippen LogP contribution in [0.1, 0.15) is 0 Å². The molecule has 0 fully saturated rings. The van der Waals surface area contributed by atoms with Crippen molar-refractivity contribution in [1.29, 1.82) is 0 Å². The number of hydrogen-bond acceptors (Lipinski definition) is 4. The molecule has 0 saturated carbocycles. The molecule has 4 N–H and O–H groups in total. The van der Waals surface area contributed by atoms with E-state index in [1.165, 1.54) is 7.11 Å². The first-order chi connectivity index (χ1) is 5.95. The van der Waals surface area contributed by atoms with Crippen molar-refractivity contribution >= 4 is 16.1 Å². The lowest BCUT2D eigenvalue weighted by Gasteiger charge is -2.03. The second-order valence-corrected chi connectivity index (χ2v) is 3.59. The molecule has 0 aromatic carbocycles. The average Bonchev–Trinajstić information content (AvgIpc) is 2.00. The van der Waals surface area contributed by atoms with E-state index >= 15 is 0 Å². The highest BCUT2D eigenvalue weighted by Gasteiger charge is 2.05. The van der Waals surface area contributed by atoms with Gasteiger partial charge in [0.1, 0.15) is 0 Å². The van der Waals surface area contributed by atoms with Gasteiger partial charge >= 0.3 is 0 Å². The standard InChI is InChI=1S/C5H13N3O4S/c1-12-3-2-7-5(9)4-8-13(6,10)11/h8H,2-4H2,1H3,(H,7,9)(H2,6,10,11). The molecule has 8 heteroatoms. The highest BCUT2D eigenvalue weighted by molar-refractivity contribution is 7.87. The van der Waals surface area contributed by atoms with Crippen LogP contribution in [0, 0.1) is 0 Å². The molecule has 0 aliphatic heterocycles. The minimum Gasteiger partial charge on any atom is -0.383 e. The van der Waals surface area contributed by atoms with E-state index in [-0.39, 0.29) is 6.54 Å². The lowest BCUT2D eigenvalue weighted by molar-refractivity contribution is -0.120. The van der Waals surface area contributed by atoms with Crippen molar-refractivity contribution in [2.45, 2.75) is 0 Å². The lowest BCUT2D eigenvalue weighted by atomic mass is 10.6. The van der Waals surface area contributed by atoms with Gasteiger partial charge in [0.25, 0.3) is 10.2 Å². The van der Waals surface area contributed by atoms with E-state index in [0.29, 0.717) is 13.2 Å². The zero-order chi connectivity index (χ0) is 10.3. The third kappa shape index (κ3) is 9.21. The lowest BCUT2D eigenvalue weighted by Crippen LogP contribution is -2.40. The Bertz CT molecular complexity index is 251. The maximum atomic E-state index is 10.8. The fraction of sp³-hybridized carbons (Fsp3) is 0.800. The number of ether oxygens (including phenoxy) is 1. The summed E-state index contributed by atoms with van der Waals surface area (Å²) in [6.45, 7) is 0.352. The molecule has 7 nitrogen and oxygen atoms in total. The molecule has 0 heterocycles. The molecular formula is C5H13N3O4S. The fourth-order valence-electron chi connectivity index (χ4n) is 0.521. The largest absolute Gasteiger partial charge is 0.383 e. The van der Waals surface area contributed by atoms with Gasteiger partial charge in [0.05, 0.1) is 13.2 Å². The summed E-state index contributed by atoms with van der Waals surface area (Å²) in [4.78, 5) is 10.8. The summed E-state index contributed by atoms with van der Waals surface area (Å²) in [5.41, 5.74) is 0. The number of carbonyl (C=O) groups is 1. The summed E-state index contributed by atoms with van der Waals surface area (Å²) >= 11 is 0. The first kappa shape index (κ1) is 12.3. The molecule has 0 unspecified atom stereocenters. The van der Waals surface area contributed by atoms with Crippen LogP contribution in [-0.2, 0) is 19.7 Å². The minimum atomic E-state index is -3.79. The van der Waals surface area contributed by atoms with Crippen LogP contribution < -0.4 is 15.2 Å². The Morgan fingerprint density at radius 3 is 2.62 bits per heavy atom. The molecule has 0 radical (unpaired) electrons. The molecular weight excluding hydrogens is 198 g/mol. The first-order valence-electron chi connectivity index (χ1n) is 3.48. The topological polar surface area (TPSA) is 111 Å². The SMILES string of the molecule is COCCNC(=O)CNS(N)(=O)=O. The van der Waals surface area contributed by atoms with Crippen molar-refractivity contribution in [3.8, 4) is 0 Å². The number of amides is 1. The molecule has 0 rings (SSSR count). The second kappa shape index (κ2) is 5.86. The molecule has 0 saturated heterocycles. The van der Waals surface area contributed by atoms with Gasteiger partial charge in [0.2, 0.25) is 5.91 Å². The first-order valence-corrected chi connectivity index (χ1v) is 5.03. The van der Waals surface area contributed by atoms with Gasteiger partial charge in [-0.3, -0.25) is 4.79 Å². The van der Waals surface area contributed by atoms with Crippen molar-refractivity contribution in [3.63, 3.8) is 0 Å². The Labute approximate surface area is 76.8 Å². The molecule has 0 atom stereocenters. The molecule has 0 aliphatic rings. The van der Waals surface area contributed by atoms with Crippen LogP contribution in [0.15, 0.2) is 0 Å². The maximum absolute atomic E-state index is 10.8. The minimum absolute atomic E-state index is 0.335. The van der Waals surface area contributed by atoms with Crippen LogP contribution in [0.3, 0.4) is 0 Å². The van der Waals surface area contributed by atoms with Crippen molar-refractivity contribution in [1.82, 2.24) is 10.0 Å². The van der Waals surface area contributed by atoms with E-state index in [9.17, 15) is 13.2 Å². The van der Waals surface area contributed by atoms with Crippen LogP contribution in [0.5, 0.6) is 0 Å². The third-order valence-electron chi connectivity index (χ3n) is 1.06. The molecule has 0 aliphatic carbocycles. The normalized spacial score (nSPS) is 11.2. The summed E-state index contributed by atoms with van der Waals surface area (Å²) in [5, 5.41) is 7.00. The van der Waals surface area contributed by atoms with Crippen molar-refractivity contribution in [3.05, 3.63) is 0 Å². The molecule has 78 valence electrons. The van der Waals surface area contributed by atoms with E-state index in [4.69, 9.17) is 0 Å². The van der Waals surface area contributed by atoms with Gasteiger partial charge < -0.3 is 10.1 Å². The fourth-order valence-corrected chi connectivity index (χ4v) is 0.853. The molecule has 0 aromatic heterocycles. The quantitative estimate of drug-likeness (QED) is 0.423. The van der Waals surface area contributed by atoms with E-state index < -0.39 is 16.1 Å². The molecule has 0 aromatic rings. The van der Waals surface area contributed by atoms with Crippen LogP contribution in [0.4, 0.5) is 0 Å². The van der Waals surface area contributed by atoms with Gasteiger partial charge in [-0.15, -0.1) is 0 Å². The Hall–Kier alpha value is -0.700. The number of nitrogens with two attached hydrogens (primary N) is 1. The third-order valence-corrected chi connectivity index (χ3v) is 1.61. The van der Waals surface area contributed by atoms with Gasteiger partial charge in [-0.05, 0) is 0 Å². The predicted octanol–water partition coefficient (Wildman–Crippen LogP) is -2.46. The van der Waals surface area contributed by atoms with Gasteiger partial charge in [0, 0.05) is 13.7 Å². The predicted molar refractivity (Wildman–Crippen MR) is 46.0 cm³/mol. The molecule has 0 spiro atoms. The van der Waals surface area contributed by atoms with E-state index in [0.717, 1.165) is 0 Å². The highest BCUT2D eigenvalue weighted by atomic mass is 32.2. The maximum Gasteiger partial charge on any atom is 0.274 e. The Morgan fingerprint density at radius 1 is 1.54 bits per heavy atom. The second-order valence-electron chi connectivity index (χ2n) is 2.21. The number of rotatable bonds is 6. The molecule has 13 heavy (non-hydrogen) atoms. The van der Waals surface area contributed by atoms with E-state index in [1.807, 2.05) is 4.72 Å². The van der Waals surface area contributed by atoms with Crippen molar-refractivity contribution in [2.75, 3.05) is 26.8 Å². The van der Waals surface area contributed by atoms with Gasteiger partial charge in [-0.25, -0.2) is 5.14 Å². The van der Waals surface area contributed by atoms with Gasteiger partial charge in [0.15, 0.2) is 0 Å². The average molecular weight is 211 g/mol. The Morgan fingerprint density at radius 2 is 2.15 bits per heavy atom. The van der Waals surface area contributed by atoms with Crippen LogP contribution in [0.2, 0.25) is 0 Å². The summed E-state index contributed by atoms with van der Waals surface area (Å²) < 4.78 is 27.2. The number of hydrogen-bond donors (Lipinski definition) is 3. The monoisotopic (exact) mass is 211 g/mol. The summed E-state index contributed by atoms with van der Waals surface area (Å²) in [6, 6.07) is 0. The summed E-state index contributed by atoms with van der Waals surface area (Å²) in [6.07, 6.45) is 0. The summed E-state index contributed by atoms with van der Waals surface area (Å²) in [7, 11) is -2.30. The van der Waals surface area contributed by atoms with E-state index in [1.54, 1.807) is 0 Å². The zero-order valence-electron chi connectivity index (χ0n) is 7.24. The van der Waals surface area contributed by atoms with Crippen LogP contribution >= 0.6 is 0 Å². The van der Waals surface area contributed by atoms with Crippen LogP contribution in [0.25, 0.3) is 0 Å². The number of carbonyl (C=O) groups excluding carboxylic acids is 1. The Kier molecular flexibility index (Phi) is 5.55. The van der Waals surface area contributed by atoms with Crippen molar-refractivity contribution < 1.29 is 17.9 Å². The van der Waals surface area contributed by atoms with E-state index in [2.05, 4.69) is 15.2 Å². The van der Waals surface area contributed by atoms with Gasteiger partial charge in [-0.1, -0.05) is 0 Å². The number of methoxy groups -OCH3 is 1. The smallest absolute Gasteiger partial charge is 0.274 e. The highest BCUT2D eigenvalue weighted by Crippen LogP contribution is 1.70. The van der Waals surface area contributed by atoms with Gasteiger partial charge in [-0.2, -0.15) is 13.1 Å². The number of nitrogens with one attached hydrogen (secondary N) is 2. The molecule has 1 amide bonds. The molecule has 0 bridgehead atoms.